The highest BCUT2D eigenvalue weighted by Crippen LogP contribution is 2.29. The van der Waals surface area contributed by atoms with Crippen LogP contribution in [0.4, 0.5) is 17.5 Å². The lowest BCUT2D eigenvalue weighted by Gasteiger charge is -2.23. The quantitative estimate of drug-likeness (QED) is 0.545. The first-order valence-corrected chi connectivity index (χ1v) is 7.69. The zero-order valence-electron chi connectivity index (χ0n) is 13.0. The van der Waals surface area contributed by atoms with E-state index in [-0.39, 0.29) is 17.5 Å². The van der Waals surface area contributed by atoms with E-state index in [1.165, 1.54) is 6.42 Å². The summed E-state index contributed by atoms with van der Waals surface area (Å²) < 4.78 is 0. The Balaban J connectivity index is 2.24. The lowest BCUT2D eigenvalue weighted by atomic mass is 9.95. The summed E-state index contributed by atoms with van der Waals surface area (Å²) in [7, 11) is 0. The number of hydrogen-bond donors (Lipinski definition) is 3. The second-order valence-corrected chi connectivity index (χ2v) is 5.80. The minimum atomic E-state index is -0.547. The molecule has 0 amide bonds. The number of aromatic nitrogens is 2. The summed E-state index contributed by atoms with van der Waals surface area (Å²) in [5.74, 6) is 0.555. The topological polar surface area (TPSA) is 113 Å². The number of aliphatic hydroxyl groups is 1. The first kappa shape index (κ1) is 16.4. The maximum Gasteiger partial charge on any atom is 0.332 e. The van der Waals surface area contributed by atoms with E-state index in [1.54, 1.807) is 13.8 Å². The van der Waals surface area contributed by atoms with Gasteiger partial charge in [0.05, 0.1) is 11.0 Å². The Hall–Kier alpha value is -1.96. The van der Waals surface area contributed by atoms with Crippen LogP contribution in [0.3, 0.4) is 0 Å². The number of aliphatic hydroxyl groups excluding tert-OH is 1. The van der Waals surface area contributed by atoms with Crippen molar-refractivity contribution in [1.29, 1.82) is 0 Å². The molecule has 1 fully saturated rings. The number of rotatable bonds is 6. The van der Waals surface area contributed by atoms with Crippen molar-refractivity contribution in [2.24, 2.45) is 0 Å². The minimum Gasteiger partial charge on any atom is -0.392 e. The molecule has 1 atom stereocenters. The van der Waals surface area contributed by atoms with Crippen molar-refractivity contribution in [1.82, 2.24) is 9.97 Å². The summed E-state index contributed by atoms with van der Waals surface area (Å²) in [6, 6.07) is 0.214. The number of aryl methyl sites for hydroxylation is 1. The molecule has 1 aromatic rings. The Morgan fingerprint density at radius 1 is 1.36 bits per heavy atom. The molecule has 1 aromatic heterocycles. The van der Waals surface area contributed by atoms with Gasteiger partial charge in [-0.3, -0.25) is 10.1 Å². The van der Waals surface area contributed by atoms with Gasteiger partial charge in [-0.25, -0.2) is 4.98 Å². The largest absolute Gasteiger partial charge is 0.392 e. The molecule has 1 aliphatic carbocycles. The Morgan fingerprint density at radius 3 is 2.64 bits per heavy atom. The van der Waals surface area contributed by atoms with E-state index in [1.807, 2.05) is 0 Å². The van der Waals surface area contributed by atoms with Gasteiger partial charge in [0.25, 0.3) is 0 Å². The normalized spacial score (nSPS) is 17.0. The van der Waals surface area contributed by atoms with Crippen LogP contribution in [0.25, 0.3) is 0 Å². The number of nitrogens with zero attached hydrogens (tertiary/aromatic N) is 3. The zero-order chi connectivity index (χ0) is 16.1. The van der Waals surface area contributed by atoms with E-state index in [4.69, 9.17) is 0 Å². The van der Waals surface area contributed by atoms with E-state index >= 15 is 0 Å². The van der Waals surface area contributed by atoms with Crippen LogP contribution >= 0.6 is 0 Å². The standard InChI is InChI=1S/C14H23N5O3/c1-9(20)8-15-14-16-10(2)12(19(21)22)13(18-14)17-11-6-4-3-5-7-11/h9,11,20H,3-8H2,1-2H3,(H2,15,16,17,18)/t9-/m1/s1. The van der Waals surface area contributed by atoms with Crippen molar-refractivity contribution >= 4 is 17.5 Å². The summed E-state index contributed by atoms with van der Waals surface area (Å²) in [4.78, 5) is 19.2. The van der Waals surface area contributed by atoms with Crippen LogP contribution in [-0.2, 0) is 0 Å². The molecule has 3 N–H and O–H groups in total. The lowest BCUT2D eigenvalue weighted by Crippen LogP contribution is -2.24. The van der Waals surface area contributed by atoms with Gasteiger partial charge in [0, 0.05) is 12.6 Å². The van der Waals surface area contributed by atoms with Crippen LogP contribution in [0.1, 0.15) is 44.7 Å². The van der Waals surface area contributed by atoms with Gasteiger partial charge in [0.1, 0.15) is 5.69 Å². The molecule has 8 heteroatoms. The SMILES string of the molecule is Cc1nc(NC[C@@H](C)O)nc(NC2CCCCC2)c1[N+](=O)[O-]. The number of nitro groups is 1. The fourth-order valence-electron chi connectivity index (χ4n) is 2.64. The van der Waals surface area contributed by atoms with Crippen molar-refractivity contribution < 1.29 is 10.0 Å². The fraction of sp³-hybridized carbons (Fsp3) is 0.714. The summed E-state index contributed by atoms with van der Waals surface area (Å²) in [5.41, 5.74) is 0.236. The van der Waals surface area contributed by atoms with Crippen molar-refractivity contribution in [3.63, 3.8) is 0 Å². The van der Waals surface area contributed by atoms with E-state index in [2.05, 4.69) is 20.6 Å². The van der Waals surface area contributed by atoms with Gasteiger partial charge >= 0.3 is 5.69 Å². The molecule has 0 spiro atoms. The van der Waals surface area contributed by atoms with E-state index in [0.717, 1.165) is 25.7 Å². The highest BCUT2D eigenvalue weighted by atomic mass is 16.6. The van der Waals surface area contributed by atoms with Crippen molar-refractivity contribution in [2.75, 3.05) is 17.2 Å². The van der Waals surface area contributed by atoms with Crippen molar-refractivity contribution in [3.8, 4) is 0 Å². The molecule has 8 nitrogen and oxygen atoms in total. The predicted octanol–water partition coefficient (Wildman–Crippen LogP) is 2.23. The van der Waals surface area contributed by atoms with Gasteiger partial charge in [-0.05, 0) is 26.7 Å². The number of anilines is 2. The Morgan fingerprint density at radius 2 is 2.05 bits per heavy atom. The molecule has 22 heavy (non-hydrogen) atoms. The van der Waals surface area contributed by atoms with E-state index < -0.39 is 11.0 Å². The summed E-state index contributed by atoms with van der Waals surface area (Å²) in [6.07, 6.45) is 4.91. The first-order valence-electron chi connectivity index (χ1n) is 7.69. The number of hydrogen-bond acceptors (Lipinski definition) is 7. The van der Waals surface area contributed by atoms with Crippen LogP contribution < -0.4 is 10.6 Å². The molecular formula is C14H23N5O3. The lowest BCUT2D eigenvalue weighted by molar-refractivity contribution is -0.385. The second-order valence-electron chi connectivity index (χ2n) is 5.80. The van der Waals surface area contributed by atoms with Crippen LogP contribution in [0.2, 0.25) is 0 Å². The molecule has 1 saturated carbocycles. The first-order chi connectivity index (χ1) is 10.5. The summed E-state index contributed by atoms with van der Waals surface area (Å²) in [6.45, 7) is 3.53. The Bertz CT molecular complexity index is 529. The smallest absolute Gasteiger partial charge is 0.332 e. The molecule has 0 radical (unpaired) electrons. The number of nitrogens with one attached hydrogen (secondary N) is 2. The third-order valence-corrected chi connectivity index (χ3v) is 3.74. The molecule has 0 aliphatic heterocycles. The van der Waals surface area contributed by atoms with Crippen LogP contribution in [0.5, 0.6) is 0 Å². The average Bonchev–Trinajstić information content (AvgIpc) is 2.45. The highest BCUT2D eigenvalue weighted by molar-refractivity contribution is 5.61. The third-order valence-electron chi connectivity index (χ3n) is 3.74. The maximum atomic E-state index is 11.3. The van der Waals surface area contributed by atoms with Gasteiger partial charge in [-0.1, -0.05) is 19.3 Å². The second kappa shape index (κ2) is 7.35. The van der Waals surface area contributed by atoms with Crippen LogP contribution in [0, 0.1) is 17.0 Å². The minimum absolute atomic E-state index is 0.0758. The monoisotopic (exact) mass is 309 g/mol. The van der Waals surface area contributed by atoms with E-state index in [0.29, 0.717) is 18.2 Å². The maximum absolute atomic E-state index is 11.3. The van der Waals surface area contributed by atoms with Gasteiger partial charge in [-0.15, -0.1) is 0 Å². The highest BCUT2D eigenvalue weighted by Gasteiger charge is 2.25. The molecule has 2 rings (SSSR count). The van der Waals surface area contributed by atoms with Crippen molar-refractivity contribution in [3.05, 3.63) is 15.8 Å². The van der Waals surface area contributed by atoms with Gasteiger partial charge < -0.3 is 15.7 Å². The Labute approximate surface area is 129 Å². The Kier molecular flexibility index (Phi) is 5.48. The molecule has 1 aliphatic rings. The van der Waals surface area contributed by atoms with Gasteiger partial charge in [0.2, 0.25) is 11.8 Å². The molecular weight excluding hydrogens is 286 g/mol. The molecule has 0 unspecified atom stereocenters. The predicted molar refractivity (Wildman–Crippen MR) is 84.1 cm³/mol. The zero-order valence-corrected chi connectivity index (χ0v) is 13.0. The molecule has 0 bridgehead atoms. The molecule has 0 aromatic carbocycles. The molecule has 1 heterocycles. The van der Waals surface area contributed by atoms with E-state index in [9.17, 15) is 15.2 Å². The fourth-order valence-corrected chi connectivity index (χ4v) is 2.64. The molecule has 122 valence electrons. The van der Waals surface area contributed by atoms with Gasteiger partial charge in [-0.2, -0.15) is 4.98 Å². The average molecular weight is 309 g/mol. The van der Waals surface area contributed by atoms with Crippen LogP contribution in [-0.4, -0.2) is 38.7 Å². The third kappa shape index (κ3) is 4.27. The molecule has 0 saturated heterocycles. The summed E-state index contributed by atoms with van der Waals surface area (Å²) >= 11 is 0. The summed E-state index contributed by atoms with van der Waals surface area (Å²) in [5, 5.41) is 26.7. The van der Waals surface area contributed by atoms with Crippen LogP contribution in [0.15, 0.2) is 0 Å². The van der Waals surface area contributed by atoms with Gasteiger partial charge in [0.15, 0.2) is 0 Å². The van der Waals surface area contributed by atoms with Crippen molar-refractivity contribution in [2.45, 2.75) is 58.1 Å².